The lowest BCUT2D eigenvalue weighted by molar-refractivity contribution is 0.120. The zero-order valence-electron chi connectivity index (χ0n) is 10.7. The van der Waals surface area contributed by atoms with Gasteiger partial charge in [0.15, 0.2) is 0 Å². The van der Waals surface area contributed by atoms with Gasteiger partial charge in [-0.1, -0.05) is 11.6 Å². The molecule has 1 aliphatic carbocycles. The van der Waals surface area contributed by atoms with Crippen molar-refractivity contribution in [3.05, 3.63) is 28.8 Å². The summed E-state index contributed by atoms with van der Waals surface area (Å²) in [6, 6.07) is 5.75. The Labute approximate surface area is 123 Å². The Morgan fingerprint density at radius 1 is 1.30 bits per heavy atom. The van der Waals surface area contributed by atoms with E-state index < -0.39 is 10.0 Å². The molecule has 1 fully saturated rings. The molecule has 1 aliphatic rings. The molecule has 0 spiro atoms. The zero-order valence-corrected chi connectivity index (χ0v) is 12.3. The number of hydrogen-bond donors (Lipinski definition) is 2. The van der Waals surface area contributed by atoms with Crippen molar-refractivity contribution in [2.75, 3.05) is 0 Å². The monoisotopic (exact) mass is 314 g/mol. The van der Waals surface area contributed by atoms with E-state index in [4.69, 9.17) is 16.9 Å². The second-order valence-electron chi connectivity index (χ2n) is 4.88. The van der Waals surface area contributed by atoms with Crippen molar-refractivity contribution in [3.8, 4) is 6.07 Å². The number of halogens is 1. The zero-order chi connectivity index (χ0) is 14.8. The van der Waals surface area contributed by atoms with E-state index in [0.717, 1.165) is 0 Å². The van der Waals surface area contributed by atoms with Crippen LogP contribution in [-0.2, 0) is 10.0 Å². The van der Waals surface area contributed by atoms with Crippen molar-refractivity contribution in [2.24, 2.45) is 0 Å². The van der Waals surface area contributed by atoms with Crippen molar-refractivity contribution < 1.29 is 13.5 Å². The maximum Gasteiger partial charge on any atom is 0.240 e. The van der Waals surface area contributed by atoms with Crippen LogP contribution in [0.5, 0.6) is 0 Å². The largest absolute Gasteiger partial charge is 0.393 e. The summed E-state index contributed by atoms with van der Waals surface area (Å²) in [5.41, 5.74) is 0.242. The standard InChI is InChI=1S/C13H15ClN2O3S/c14-13-7-12(6-1-9(13)8-15)20(18,19)16-10-2-4-11(17)5-3-10/h1,6-7,10-11,16-17H,2-5H2. The summed E-state index contributed by atoms with van der Waals surface area (Å²) in [4.78, 5) is 0.0487. The molecule has 0 radical (unpaired) electrons. The summed E-state index contributed by atoms with van der Waals surface area (Å²) >= 11 is 5.85. The van der Waals surface area contributed by atoms with E-state index >= 15 is 0 Å². The molecule has 0 amide bonds. The van der Waals surface area contributed by atoms with Crippen LogP contribution in [0.3, 0.4) is 0 Å². The first-order chi connectivity index (χ1) is 9.42. The van der Waals surface area contributed by atoms with Crippen molar-refractivity contribution in [3.63, 3.8) is 0 Å². The molecular formula is C13H15ClN2O3S. The van der Waals surface area contributed by atoms with E-state index in [1.807, 2.05) is 6.07 Å². The molecule has 5 nitrogen and oxygen atoms in total. The number of aliphatic hydroxyl groups excluding tert-OH is 1. The highest BCUT2D eigenvalue weighted by Gasteiger charge is 2.25. The van der Waals surface area contributed by atoms with Gasteiger partial charge in [-0.3, -0.25) is 0 Å². The maximum absolute atomic E-state index is 12.2. The summed E-state index contributed by atoms with van der Waals surface area (Å²) < 4.78 is 27.1. The van der Waals surface area contributed by atoms with Crippen LogP contribution >= 0.6 is 11.6 Å². The number of sulfonamides is 1. The minimum atomic E-state index is -3.65. The van der Waals surface area contributed by atoms with Crippen LogP contribution in [0.15, 0.2) is 23.1 Å². The molecule has 0 saturated heterocycles. The van der Waals surface area contributed by atoms with Gasteiger partial charge in [-0.25, -0.2) is 13.1 Å². The van der Waals surface area contributed by atoms with Crippen LogP contribution in [0, 0.1) is 11.3 Å². The van der Waals surface area contributed by atoms with Crippen LogP contribution < -0.4 is 4.72 Å². The van der Waals surface area contributed by atoms with Crippen LogP contribution in [0.4, 0.5) is 0 Å². The van der Waals surface area contributed by atoms with E-state index in [-0.39, 0.29) is 27.6 Å². The lowest BCUT2D eigenvalue weighted by Crippen LogP contribution is -2.38. The van der Waals surface area contributed by atoms with Crippen LogP contribution in [0.1, 0.15) is 31.2 Å². The van der Waals surface area contributed by atoms with Gasteiger partial charge in [0.25, 0.3) is 0 Å². The molecule has 1 saturated carbocycles. The van der Waals surface area contributed by atoms with E-state index in [9.17, 15) is 13.5 Å². The molecule has 108 valence electrons. The van der Waals surface area contributed by atoms with Gasteiger partial charge in [-0.15, -0.1) is 0 Å². The van der Waals surface area contributed by atoms with Crippen molar-refractivity contribution >= 4 is 21.6 Å². The SMILES string of the molecule is N#Cc1ccc(S(=O)(=O)NC2CCC(O)CC2)cc1Cl. The van der Waals surface area contributed by atoms with Gasteiger partial charge < -0.3 is 5.11 Å². The molecule has 1 aromatic rings. The first-order valence-corrected chi connectivity index (χ1v) is 8.18. The predicted molar refractivity (Wildman–Crippen MR) is 74.8 cm³/mol. The summed E-state index contributed by atoms with van der Waals surface area (Å²) in [6.07, 6.45) is 2.09. The lowest BCUT2D eigenvalue weighted by atomic mass is 9.94. The fourth-order valence-corrected chi connectivity index (χ4v) is 3.85. The van der Waals surface area contributed by atoms with E-state index in [1.165, 1.54) is 18.2 Å². The molecule has 0 unspecified atom stereocenters. The van der Waals surface area contributed by atoms with E-state index in [0.29, 0.717) is 25.7 Å². The van der Waals surface area contributed by atoms with Gasteiger partial charge in [0.05, 0.1) is 21.6 Å². The second kappa shape index (κ2) is 6.10. The fourth-order valence-electron chi connectivity index (χ4n) is 2.23. The van der Waals surface area contributed by atoms with Crippen LogP contribution in [0.2, 0.25) is 5.02 Å². The molecule has 0 bridgehead atoms. The highest BCUT2D eigenvalue weighted by Crippen LogP contribution is 2.23. The van der Waals surface area contributed by atoms with Gasteiger partial charge in [0.1, 0.15) is 6.07 Å². The number of rotatable bonds is 3. The number of hydrogen-bond acceptors (Lipinski definition) is 4. The highest BCUT2D eigenvalue weighted by molar-refractivity contribution is 7.89. The first kappa shape index (κ1) is 15.3. The van der Waals surface area contributed by atoms with Crippen LogP contribution in [-0.4, -0.2) is 25.7 Å². The average Bonchev–Trinajstić information content (AvgIpc) is 2.41. The topological polar surface area (TPSA) is 90.2 Å². The molecule has 20 heavy (non-hydrogen) atoms. The quantitative estimate of drug-likeness (QED) is 0.890. The number of nitriles is 1. The molecule has 2 N–H and O–H groups in total. The third-order valence-electron chi connectivity index (χ3n) is 3.39. The Bertz CT molecular complexity index is 632. The van der Waals surface area contributed by atoms with Gasteiger partial charge in [0, 0.05) is 6.04 Å². The molecule has 0 aromatic heterocycles. The number of nitrogens with one attached hydrogen (secondary N) is 1. The Hall–Kier alpha value is -1.13. The average molecular weight is 315 g/mol. The Morgan fingerprint density at radius 3 is 2.50 bits per heavy atom. The molecule has 0 atom stereocenters. The summed E-state index contributed by atoms with van der Waals surface area (Å²) in [5, 5.41) is 18.3. The Balaban J connectivity index is 2.14. The number of aliphatic hydroxyl groups is 1. The fraction of sp³-hybridized carbons (Fsp3) is 0.462. The van der Waals surface area contributed by atoms with E-state index in [2.05, 4.69) is 4.72 Å². The molecule has 0 aliphatic heterocycles. The summed E-state index contributed by atoms with van der Waals surface area (Å²) in [5.74, 6) is 0. The Kier molecular flexibility index (Phi) is 4.66. The molecule has 1 aromatic carbocycles. The second-order valence-corrected chi connectivity index (χ2v) is 7.00. The van der Waals surface area contributed by atoms with Gasteiger partial charge in [0.2, 0.25) is 10.0 Å². The van der Waals surface area contributed by atoms with Crippen molar-refractivity contribution in [1.29, 1.82) is 5.26 Å². The van der Waals surface area contributed by atoms with Gasteiger partial charge >= 0.3 is 0 Å². The van der Waals surface area contributed by atoms with E-state index in [1.54, 1.807) is 0 Å². The molecular weight excluding hydrogens is 300 g/mol. The summed E-state index contributed by atoms with van der Waals surface area (Å²) in [7, 11) is -3.65. The third kappa shape index (κ3) is 3.49. The first-order valence-electron chi connectivity index (χ1n) is 6.32. The highest BCUT2D eigenvalue weighted by atomic mass is 35.5. The minimum absolute atomic E-state index is 0.0487. The van der Waals surface area contributed by atoms with Gasteiger partial charge in [-0.05, 0) is 43.9 Å². The third-order valence-corrected chi connectivity index (χ3v) is 5.22. The summed E-state index contributed by atoms with van der Waals surface area (Å²) in [6.45, 7) is 0. The predicted octanol–water partition coefficient (Wildman–Crippen LogP) is 1.79. The van der Waals surface area contributed by atoms with Crippen molar-refractivity contribution in [1.82, 2.24) is 4.72 Å². The maximum atomic E-state index is 12.2. The normalized spacial score (nSPS) is 23.2. The Morgan fingerprint density at radius 2 is 1.95 bits per heavy atom. The van der Waals surface area contributed by atoms with Gasteiger partial charge in [-0.2, -0.15) is 5.26 Å². The number of benzene rings is 1. The minimum Gasteiger partial charge on any atom is -0.393 e. The lowest BCUT2D eigenvalue weighted by Gasteiger charge is -2.26. The molecule has 7 heteroatoms. The van der Waals surface area contributed by atoms with Crippen LogP contribution in [0.25, 0.3) is 0 Å². The molecule has 2 rings (SSSR count). The number of nitrogens with zero attached hydrogens (tertiary/aromatic N) is 1. The molecule has 0 heterocycles. The smallest absolute Gasteiger partial charge is 0.240 e. The van der Waals surface area contributed by atoms with Crippen molar-refractivity contribution in [2.45, 2.75) is 42.7 Å².